The fourth-order valence-electron chi connectivity index (χ4n) is 4.13. The lowest BCUT2D eigenvalue weighted by molar-refractivity contribution is 0.0957. The van der Waals surface area contributed by atoms with E-state index < -0.39 is 14.1 Å². The van der Waals surface area contributed by atoms with Gasteiger partial charge < -0.3 is 25.2 Å². The van der Waals surface area contributed by atoms with Crippen LogP contribution in [0.2, 0.25) is 13.1 Å². The van der Waals surface area contributed by atoms with Crippen LogP contribution in [0.5, 0.6) is 0 Å². The number of benzene rings is 2. The highest BCUT2D eigenvalue weighted by Gasteiger charge is 2.24. The molecule has 1 aliphatic heterocycles. The van der Waals surface area contributed by atoms with Gasteiger partial charge in [0.05, 0.1) is 18.4 Å². The van der Waals surface area contributed by atoms with Crippen molar-refractivity contribution in [3.8, 4) is 11.3 Å². The zero-order valence-corrected chi connectivity index (χ0v) is 19.1. The predicted molar refractivity (Wildman–Crippen MR) is 122 cm³/mol. The normalized spacial score (nSPS) is 14.0. The van der Waals surface area contributed by atoms with E-state index in [4.69, 9.17) is 4.74 Å². The first kappa shape index (κ1) is 21.7. The molecule has 0 fully saturated rings. The van der Waals surface area contributed by atoms with Gasteiger partial charge in [-0.3, -0.25) is 4.79 Å². The molecule has 1 amide bonds. The van der Waals surface area contributed by atoms with E-state index in [1.807, 2.05) is 26.2 Å². The number of hydrogen-bond donors (Lipinski definition) is 4. The van der Waals surface area contributed by atoms with Crippen LogP contribution < -0.4 is 10.6 Å². The first-order chi connectivity index (χ1) is 14.8. The Morgan fingerprint density at radius 1 is 1.23 bits per heavy atom. The van der Waals surface area contributed by atoms with Crippen LogP contribution in [0.4, 0.5) is 4.39 Å². The summed E-state index contributed by atoms with van der Waals surface area (Å²) in [6.07, 6.45) is 1.03. The molecule has 0 unspecified atom stereocenters. The molecule has 0 spiro atoms. The van der Waals surface area contributed by atoms with Gasteiger partial charge >= 0.3 is 0 Å². The lowest BCUT2D eigenvalue weighted by Crippen LogP contribution is -2.32. The Morgan fingerprint density at radius 3 is 2.77 bits per heavy atom. The number of carbonyl (C=O) groups excluding carboxylic acids is 1. The molecule has 0 radical (unpaired) electrons. The molecular weight excluding hydrogens is 413 g/mol. The monoisotopic (exact) mass is 441 g/mol. The third-order valence-corrected chi connectivity index (χ3v) is 6.36. The minimum Gasteiger partial charge on any atom is -0.430 e. The number of H-pyrrole nitrogens is 1. The molecule has 1 aliphatic rings. The Bertz CT molecular complexity index is 1140. The summed E-state index contributed by atoms with van der Waals surface area (Å²) >= 11 is 0. The topological polar surface area (TPSA) is 86.4 Å². The maximum Gasteiger partial charge on any atom is 0.252 e. The second-order valence-corrected chi connectivity index (χ2v) is 12.6. The number of amides is 1. The Hall–Kier alpha value is -2.52. The van der Waals surface area contributed by atoms with Crippen molar-refractivity contribution >= 4 is 25.1 Å². The van der Waals surface area contributed by atoms with Gasteiger partial charge in [-0.05, 0) is 67.0 Å². The molecule has 164 valence electrons. The fraction of sp³-hybridized carbons (Fsp3) is 0.348. The fourth-order valence-corrected chi connectivity index (χ4v) is 4.73. The lowest BCUT2D eigenvalue weighted by Gasteiger charge is -2.16. The number of rotatable bonds is 7. The highest BCUT2D eigenvalue weighted by atomic mass is 28.4. The predicted octanol–water partition coefficient (Wildman–Crippen LogP) is 3.23. The summed E-state index contributed by atoms with van der Waals surface area (Å²) in [4.78, 5) is 25.9. The molecule has 3 aromatic rings. The molecule has 2 heterocycles. The van der Waals surface area contributed by atoms with Gasteiger partial charge in [-0.1, -0.05) is 12.1 Å². The molecular formula is C23H28FN3O3Si. The smallest absolute Gasteiger partial charge is 0.252 e. The third kappa shape index (κ3) is 4.57. The number of carbonyl (C=O) groups is 1. The molecule has 0 bridgehead atoms. The van der Waals surface area contributed by atoms with E-state index >= 15 is 0 Å². The summed E-state index contributed by atoms with van der Waals surface area (Å²) in [6, 6.07) is 8.93. The molecule has 4 N–H and O–H groups in total. The zero-order valence-electron chi connectivity index (χ0n) is 18.1. The van der Waals surface area contributed by atoms with Crippen molar-refractivity contribution in [1.29, 1.82) is 0 Å². The summed E-state index contributed by atoms with van der Waals surface area (Å²) in [7, 11) is -0.400. The number of nitrogens with one attached hydrogen (secondary N) is 3. The lowest BCUT2D eigenvalue weighted by atomic mass is 9.97. The van der Waals surface area contributed by atoms with E-state index in [9.17, 15) is 14.0 Å². The Balaban J connectivity index is 1.78. The van der Waals surface area contributed by atoms with Crippen LogP contribution in [-0.2, 0) is 24.3 Å². The average Bonchev–Trinajstić information content (AvgIpc) is 2.97. The Kier molecular flexibility index (Phi) is 5.98. The number of aromatic amines is 1. The van der Waals surface area contributed by atoms with Gasteiger partial charge in [0.15, 0.2) is 0 Å². The second-order valence-electron chi connectivity index (χ2n) is 8.68. The number of halogens is 1. The summed E-state index contributed by atoms with van der Waals surface area (Å²) in [5.74, 6) is -0.684. The van der Waals surface area contributed by atoms with E-state index in [-0.39, 0.29) is 5.91 Å². The highest BCUT2D eigenvalue weighted by Crippen LogP contribution is 2.35. The van der Waals surface area contributed by atoms with Gasteiger partial charge in [-0.25, -0.2) is 4.39 Å². The largest absolute Gasteiger partial charge is 0.430 e. The van der Waals surface area contributed by atoms with Gasteiger partial charge in [0.2, 0.25) is 8.32 Å². The van der Waals surface area contributed by atoms with Crippen molar-refractivity contribution in [3.05, 3.63) is 58.4 Å². The molecule has 2 aromatic carbocycles. The molecule has 0 saturated heterocycles. The van der Waals surface area contributed by atoms with Crippen molar-refractivity contribution < 1.29 is 18.7 Å². The summed E-state index contributed by atoms with van der Waals surface area (Å²) in [6.45, 7) is 5.30. The maximum atomic E-state index is 14.2. The van der Waals surface area contributed by atoms with Crippen LogP contribution in [0.25, 0.3) is 22.2 Å². The van der Waals surface area contributed by atoms with Gasteiger partial charge in [0.1, 0.15) is 5.82 Å². The maximum absolute atomic E-state index is 14.2. The average molecular weight is 442 g/mol. The van der Waals surface area contributed by atoms with Crippen molar-refractivity contribution in [2.24, 2.45) is 0 Å². The van der Waals surface area contributed by atoms with Gasteiger partial charge in [0, 0.05) is 29.7 Å². The molecule has 0 saturated carbocycles. The standard InChI is InChI=1S/C23H28FN3O3Si/c1-25-11-15-5-4-14(8-16(15)12-30-13-31(2,3)29)22-18-6-7-26-23(28)19-9-17(24)10-20(27-22)21(18)19/h4-5,8-10,25,27,29H,6-7,11-13H2,1-3H3,(H,26,28). The van der Waals surface area contributed by atoms with Crippen LogP contribution >= 0.6 is 0 Å². The third-order valence-electron chi connectivity index (χ3n) is 5.45. The molecule has 0 aliphatic carbocycles. The van der Waals surface area contributed by atoms with Crippen molar-refractivity contribution in [2.75, 3.05) is 19.8 Å². The van der Waals surface area contributed by atoms with E-state index in [1.54, 1.807) is 0 Å². The Morgan fingerprint density at radius 2 is 2.03 bits per heavy atom. The first-order valence-electron chi connectivity index (χ1n) is 10.5. The quantitative estimate of drug-likeness (QED) is 0.424. The number of ether oxygens (including phenoxy) is 1. The van der Waals surface area contributed by atoms with Crippen LogP contribution in [0.15, 0.2) is 30.3 Å². The van der Waals surface area contributed by atoms with Crippen LogP contribution in [0, 0.1) is 5.82 Å². The molecule has 6 nitrogen and oxygen atoms in total. The minimum atomic E-state index is -2.30. The van der Waals surface area contributed by atoms with Crippen molar-refractivity contribution in [3.63, 3.8) is 0 Å². The van der Waals surface area contributed by atoms with Crippen LogP contribution in [-0.4, -0.2) is 43.8 Å². The SMILES string of the molecule is CNCc1ccc(-c2[nH]c3cc(F)cc4c3c2CCNC4=O)cc1COC[Si](C)(C)O. The van der Waals surface area contributed by atoms with E-state index in [2.05, 4.69) is 27.8 Å². The highest BCUT2D eigenvalue weighted by molar-refractivity contribution is 6.69. The van der Waals surface area contributed by atoms with Gasteiger partial charge in [-0.2, -0.15) is 0 Å². The number of aromatic nitrogens is 1. The van der Waals surface area contributed by atoms with E-state index in [1.165, 1.54) is 12.1 Å². The molecule has 1 aromatic heterocycles. The van der Waals surface area contributed by atoms with Crippen LogP contribution in [0.3, 0.4) is 0 Å². The molecule has 31 heavy (non-hydrogen) atoms. The zero-order chi connectivity index (χ0) is 22.2. The van der Waals surface area contributed by atoms with Gasteiger partial charge in [-0.15, -0.1) is 0 Å². The molecule has 4 rings (SSSR count). The molecule has 8 heteroatoms. The Labute approximate surface area is 181 Å². The minimum absolute atomic E-state index is 0.247. The summed E-state index contributed by atoms with van der Waals surface area (Å²) in [5, 5.41) is 6.82. The van der Waals surface area contributed by atoms with Gasteiger partial charge in [0.25, 0.3) is 5.91 Å². The van der Waals surface area contributed by atoms with Crippen molar-refractivity contribution in [1.82, 2.24) is 15.6 Å². The second kappa shape index (κ2) is 8.55. The first-order valence-corrected chi connectivity index (χ1v) is 13.6. The number of hydrogen-bond acceptors (Lipinski definition) is 4. The molecule has 0 atom stereocenters. The van der Waals surface area contributed by atoms with Crippen LogP contribution in [0.1, 0.15) is 27.0 Å². The summed E-state index contributed by atoms with van der Waals surface area (Å²) in [5.41, 5.74) is 6.02. The van der Waals surface area contributed by atoms with Crippen molar-refractivity contribution in [2.45, 2.75) is 32.7 Å². The van der Waals surface area contributed by atoms with E-state index in [0.717, 1.165) is 33.3 Å². The van der Waals surface area contributed by atoms with E-state index in [0.29, 0.717) is 43.4 Å². The summed E-state index contributed by atoms with van der Waals surface area (Å²) < 4.78 is 20.0.